The van der Waals surface area contributed by atoms with Crippen LogP contribution in [0.4, 0.5) is 5.69 Å². The van der Waals surface area contributed by atoms with Crippen LogP contribution in [0.2, 0.25) is 0 Å². The van der Waals surface area contributed by atoms with Gasteiger partial charge in [-0.2, -0.15) is 0 Å². The average molecular weight is 249 g/mol. The van der Waals surface area contributed by atoms with Crippen molar-refractivity contribution in [3.8, 4) is 0 Å². The molecule has 0 spiro atoms. The van der Waals surface area contributed by atoms with E-state index in [-0.39, 0.29) is 5.84 Å². The predicted molar refractivity (Wildman–Crippen MR) is 71.2 cm³/mol. The molecule has 1 aliphatic heterocycles. The fourth-order valence-corrected chi connectivity index (χ4v) is 2.21. The van der Waals surface area contributed by atoms with Gasteiger partial charge >= 0.3 is 0 Å². The number of nitrogens with two attached hydrogens (primary N) is 1. The average Bonchev–Trinajstić information content (AvgIpc) is 2.47. The molecule has 5 heteroatoms. The van der Waals surface area contributed by atoms with E-state index in [9.17, 15) is 0 Å². The lowest BCUT2D eigenvalue weighted by Gasteiger charge is -2.33. The molecule has 0 aliphatic carbocycles. The van der Waals surface area contributed by atoms with E-state index in [1.54, 1.807) is 0 Å². The Morgan fingerprint density at radius 1 is 1.33 bits per heavy atom. The summed E-state index contributed by atoms with van der Waals surface area (Å²) in [4.78, 5) is 2.26. The second-order valence-electron chi connectivity index (χ2n) is 4.49. The van der Waals surface area contributed by atoms with Crippen molar-refractivity contribution in [1.29, 1.82) is 0 Å². The molecule has 1 heterocycles. The molecule has 18 heavy (non-hydrogen) atoms. The van der Waals surface area contributed by atoms with Gasteiger partial charge in [0.15, 0.2) is 5.84 Å². The molecule has 0 saturated carbocycles. The Morgan fingerprint density at radius 2 is 1.94 bits per heavy atom. The van der Waals surface area contributed by atoms with Crippen LogP contribution in [0.3, 0.4) is 0 Å². The molecule has 0 radical (unpaired) electrons. The van der Waals surface area contributed by atoms with Crippen molar-refractivity contribution in [2.45, 2.75) is 18.9 Å². The van der Waals surface area contributed by atoms with E-state index in [4.69, 9.17) is 15.7 Å². The monoisotopic (exact) mass is 249 g/mol. The number of anilines is 1. The summed E-state index contributed by atoms with van der Waals surface area (Å²) in [5.41, 5.74) is 7.39. The third-order valence-corrected chi connectivity index (χ3v) is 3.42. The van der Waals surface area contributed by atoms with Gasteiger partial charge in [-0.3, -0.25) is 0 Å². The molecule has 1 aromatic carbocycles. The minimum Gasteiger partial charge on any atom is -0.409 e. The van der Waals surface area contributed by atoms with E-state index in [0.717, 1.165) is 37.3 Å². The zero-order valence-corrected chi connectivity index (χ0v) is 10.5. The summed E-state index contributed by atoms with van der Waals surface area (Å²) in [7, 11) is 2.09. The first kappa shape index (κ1) is 12.7. The van der Waals surface area contributed by atoms with Crippen molar-refractivity contribution in [2.75, 3.05) is 25.2 Å². The summed E-state index contributed by atoms with van der Waals surface area (Å²) < 4.78 is 5.36. The first-order chi connectivity index (χ1) is 8.72. The highest BCUT2D eigenvalue weighted by Gasteiger charge is 2.18. The maximum absolute atomic E-state index is 8.61. The Morgan fingerprint density at radius 3 is 2.50 bits per heavy atom. The molecule has 1 fully saturated rings. The number of nitrogens with zero attached hydrogens (tertiary/aromatic N) is 2. The van der Waals surface area contributed by atoms with Crippen molar-refractivity contribution >= 4 is 11.5 Å². The normalized spacial score (nSPS) is 17.7. The lowest BCUT2D eigenvalue weighted by Crippen LogP contribution is -2.36. The van der Waals surface area contributed by atoms with Crippen LogP contribution in [0.15, 0.2) is 29.4 Å². The Bertz CT molecular complexity index is 411. The lowest BCUT2D eigenvalue weighted by molar-refractivity contribution is 0.0855. The summed E-state index contributed by atoms with van der Waals surface area (Å²) in [5, 5.41) is 11.6. The fraction of sp³-hybridized carbons (Fsp3) is 0.462. The number of amidine groups is 1. The van der Waals surface area contributed by atoms with Crippen molar-refractivity contribution in [3.63, 3.8) is 0 Å². The Hall–Kier alpha value is -1.75. The maximum Gasteiger partial charge on any atom is 0.170 e. The first-order valence-electron chi connectivity index (χ1n) is 6.11. The molecule has 5 nitrogen and oxygen atoms in total. The van der Waals surface area contributed by atoms with E-state index in [0.29, 0.717) is 6.04 Å². The molecule has 3 N–H and O–H groups in total. The van der Waals surface area contributed by atoms with Crippen LogP contribution in [0, 0.1) is 0 Å². The zero-order valence-electron chi connectivity index (χ0n) is 10.5. The quantitative estimate of drug-likeness (QED) is 0.367. The molecular weight excluding hydrogens is 230 g/mol. The number of hydrogen-bond acceptors (Lipinski definition) is 4. The van der Waals surface area contributed by atoms with Crippen molar-refractivity contribution in [1.82, 2.24) is 0 Å². The molecule has 1 saturated heterocycles. The number of oxime groups is 1. The van der Waals surface area contributed by atoms with Gasteiger partial charge in [-0.05, 0) is 37.1 Å². The topological polar surface area (TPSA) is 71.1 Å². The van der Waals surface area contributed by atoms with Crippen LogP contribution in [0.5, 0.6) is 0 Å². The van der Waals surface area contributed by atoms with Crippen LogP contribution < -0.4 is 10.6 Å². The summed E-state index contributed by atoms with van der Waals surface area (Å²) in [6.07, 6.45) is 2.11. The van der Waals surface area contributed by atoms with Gasteiger partial charge in [-0.15, -0.1) is 0 Å². The highest BCUT2D eigenvalue weighted by molar-refractivity contribution is 5.97. The van der Waals surface area contributed by atoms with Crippen molar-refractivity contribution in [3.05, 3.63) is 29.8 Å². The Labute approximate surface area is 107 Å². The maximum atomic E-state index is 8.61. The smallest absolute Gasteiger partial charge is 0.170 e. The van der Waals surface area contributed by atoms with Gasteiger partial charge in [-0.25, -0.2) is 0 Å². The van der Waals surface area contributed by atoms with Crippen molar-refractivity contribution in [2.24, 2.45) is 10.9 Å². The number of benzene rings is 1. The van der Waals surface area contributed by atoms with Crippen LogP contribution in [0.25, 0.3) is 0 Å². The Balaban J connectivity index is 2.08. The van der Waals surface area contributed by atoms with Gasteiger partial charge in [0.05, 0.1) is 0 Å². The summed E-state index contributed by atoms with van der Waals surface area (Å²) in [5.74, 6) is 0.135. The lowest BCUT2D eigenvalue weighted by atomic mass is 10.1. The highest BCUT2D eigenvalue weighted by Crippen LogP contribution is 2.21. The highest BCUT2D eigenvalue weighted by atomic mass is 16.5. The van der Waals surface area contributed by atoms with E-state index in [1.165, 1.54) is 0 Å². The van der Waals surface area contributed by atoms with Gasteiger partial charge in [-0.1, -0.05) is 5.16 Å². The van der Waals surface area contributed by atoms with E-state index in [2.05, 4.69) is 17.1 Å². The van der Waals surface area contributed by atoms with Crippen LogP contribution >= 0.6 is 0 Å². The minimum absolute atomic E-state index is 0.135. The molecule has 0 unspecified atom stereocenters. The molecule has 0 atom stereocenters. The molecule has 1 aromatic rings. The second-order valence-corrected chi connectivity index (χ2v) is 4.49. The van der Waals surface area contributed by atoms with Gasteiger partial charge in [0, 0.05) is 37.6 Å². The van der Waals surface area contributed by atoms with Crippen molar-refractivity contribution < 1.29 is 9.94 Å². The van der Waals surface area contributed by atoms with Crippen LogP contribution in [0.1, 0.15) is 18.4 Å². The molecule has 0 bridgehead atoms. The first-order valence-corrected chi connectivity index (χ1v) is 6.11. The molecule has 2 rings (SSSR count). The van der Waals surface area contributed by atoms with E-state index >= 15 is 0 Å². The molecular formula is C13H19N3O2. The molecule has 98 valence electrons. The van der Waals surface area contributed by atoms with E-state index in [1.807, 2.05) is 24.3 Å². The van der Waals surface area contributed by atoms with Crippen LogP contribution in [-0.2, 0) is 4.74 Å². The predicted octanol–water partition coefficient (Wildman–Crippen LogP) is 1.40. The standard InChI is InChI=1S/C13H19N3O2/c1-16(12-6-8-18-9-7-12)11-4-2-10(3-5-11)13(14)15-17/h2-5,12,17H,6-9H2,1H3,(H2,14,15). The van der Waals surface area contributed by atoms with Gasteiger partial charge < -0.3 is 20.6 Å². The fourth-order valence-electron chi connectivity index (χ4n) is 2.21. The van der Waals surface area contributed by atoms with Gasteiger partial charge in [0.2, 0.25) is 0 Å². The zero-order chi connectivity index (χ0) is 13.0. The molecule has 0 aromatic heterocycles. The largest absolute Gasteiger partial charge is 0.409 e. The number of ether oxygens (including phenoxy) is 1. The Kier molecular flexibility index (Phi) is 4.04. The third-order valence-electron chi connectivity index (χ3n) is 3.42. The van der Waals surface area contributed by atoms with Crippen LogP contribution in [-0.4, -0.2) is 37.3 Å². The molecule has 0 amide bonds. The summed E-state index contributed by atoms with van der Waals surface area (Å²) in [6, 6.07) is 8.22. The minimum atomic E-state index is 0.135. The third kappa shape index (κ3) is 2.73. The SMILES string of the molecule is CN(c1ccc(/C(N)=N/O)cc1)C1CCOCC1. The number of hydrogen-bond donors (Lipinski definition) is 2. The number of rotatable bonds is 3. The second kappa shape index (κ2) is 5.73. The summed E-state index contributed by atoms with van der Waals surface area (Å²) in [6.45, 7) is 1.66. The summed E-state index contributed by atoms with van der Waals surface area (Å²) >= 11 is 0. The molecule has 1 aliphatic rings. The van der Waals surface area contributed by atoms with Gasteiger partial charge in [0.1, 0.15) is 0 Å². The van der Waals surface area contributed by atoms with E-state index < -0.39 is 0 Å². The van der Waals surface area contributed by atoms with Gasteiger partial charge in [0.25, 0.3) is 0 Å².